The lowest BCUT2D eigenvalue weighted by atomic mass is 10.1. The minimum atomic E-state index is -0.637. The summed E-state index contributed by atoms with van der Waals surface area (Å²) in [5.74, 6) is -0.848. The zero-order valence-corrected chi connectivity index (χ0v) is 19.4. The normalized spacial score (nSPS) is 14.7. The lowest BCUT2D eigenvalue weighted by Gasteiger charge is -2.09. The maximum Gasteiger partial charge on any atom is 0.373 e. The first-order chi connectivity index (χ1) is 16.9. The van der Waals surface area contributed by atoms with Crippen LogP contribution in [-0.4, -0.2) is 34.5 Å². The molecule has 2 aromatic carbocycles. The summed E-state index contributed by atoms with van der Waals surface area (Å²) in [6.07, 6.45) is 3.59. The minimum absolute atomic E-state index is 0.00310. The number of nitrogens with one attached hydrogen (secondary N) is 1. The van der Waals surface area contributed by atoms with Crippen LogP contribution >= 0.6 is 11.6 Å². The van der Waals surface area contributed by atoms with Crippen molar-refractivity contribution in [3.05, 3.63) is 100 Å². The van der Waals surface area contributed by atoms with E-state index in [4.69, 9.17) is 16.0 Å². The fourth-order valence-corrected chi connectivity index (χ4v) is 4.23. The van der Waals surface area contributed by atoms with Gasteiger partial charge in [0.1, 0.15) is 11.5 Å². The topological polar surface area (TPSA) is 93.8 Å². The molecule has 1 N–H and O–H groups in total. The standard InChI is InChI=1S/C26H20ClN3O5/c1-34-25(32)23-11-10-18(35-23)15-30-24(31)21(28-26(30)33)12-17-14-29(22-9-5-3-7-19(17)22)13-16-6-2-4-8-20(16)27/h2-12,14H,13,15H2,1H3,(H,28,33)/b21-12-. The van der Waals surface area contributed by atoms with Gasteiger partial charge in [0.25, 0.3) is 5.91 Å². The summed E-state index contributed by atoms with van der Waals surface area (Å²) in [5, 5.41) is 4.24. The number of carbonyl (C=O) groups excluding carboxylic acids is 3. The SMILES string of the molecule is COC(=O)c1ccc(CN2C(=O)N/C(=C\c3cn(Cc4ccccc4Cl)c4ccccc34)C2=O)o1. The Morgan fingerprint density at radius 2 is 1.83 bits per heavy atom. The number of fused-ring (bicyclic) bond motifs is 1. The van der Waals surface area contributed by atoms with Gasteiger partial charge in [-0.2, -0.15) is 0 Å². The molecule has 5 rings (SSSR count). The monoisotopic (exact) mass is 489 g/mol. The van der Waals surface area contributed by atoms with Crippen molar-refractivity contribution in [3.8, 4) is 0 Å². The van der Waals surface area contributed by atoms with Crippen LogP contribution in [0, 0.1) is 0 Å². The van der Waals surface area contributed by atoms with Crippen LogP contribution in [0.15, 0.2) is 77.0 Å². The Hall–Kier alpha value is -4.30. The Morgan fingerprint density at radius 1 is 1.06 bits per heavy atom. The number of methoxy groups -OCH3 is 1. The summed E-state index contributed by atoms with van der Waals surface area (Å²) in [6.45, 7) is 0.435. The summed E-state index contributed by atoms with van der Waals surface area (Å²) in [5.41, 5.74) is 2.87. The van der Waals surface area contributed by atoms with Gasteiger partial charge >= 0.3 is 12.0 Å². The Bertz CT molecular complexity index is 1500. The molecule has 1 fully saturated rings. The van der Waals surface area contributed by atoms with Gasteiger partial charge < -0.3 is 19.0 Å². The Morgan fingerprint density at radius 3 is 2.63 bits per heavy atom. The van der Waals surface area contributed by atoms with Gasteiger partial charge in [0, 0.05) is 34.2 Å². The lowest BCUT2D eigenvalue weighted by molar-refractivity contribution is -0.123. The molecule has 35 heavy (non-hydrogen) atoms. The van der Waals surface area contributed by atoms with Crippen LogP contribution in [0.4, 0.5) is 4.79 Å². The molecular formula is C26H20ClN3O5. The highest BCUT2D eigenvalue weighted by molar-refractivity contribution is 6.31. The molecule has 0 spiro atoms. The van der Waals surface area contributed by atoms with Gasteiger partial charge in [-0.15, -0.1) is 0 Å². The van der Waals surface area contributed by atoms with Crippen LogP contribution in [-0.2, 0) is 22.6 Å². The molecule has 0 atom stereocenters. The number of halogens is 1. The number of amides is 3. The van der Waals surface area contributed by atoms with Crippen molar-refractivity contribution in [1.82, 2.24) is 14.8 Å². The van der Waals surface area contributed by atoms with Gasteiger partial charge in [-0.1, -0.05) is 48.0 Å². The zero-order valence-electron chi connectivity index (χ0n) is 18.7. The number of furan rings is 1. The van der Waals surface area contributed by atoms with E-state index in [9.17, 15) is 14.4 Å². The highest BCUT2D eigenvalue weighted by Gasteiger charge is 2.34. The van der Waals surface area contributed by atoms with Crippen molar-refractivity contribution in [2.24, 2.45) is 0 Å². The molecule has 4 aromatic rings. The Kier molecular flexibility index (Phi) is 5.88. The third-order valence-corrected chi connectivity index (χ3v) is 6.11. The molecule has 9 heteroatoms. The molecule has 8 nitrogen and oxygen atoms in total. The minimum Gasteiger partial charge on any atom is -0.463 e. The third kappa shape index (κ3) is 4.31. The zero-order chi connectivity index (χ0) is 24.5. The molecule has 3 amide bonds. The molecule has 2 aromatic heterocycles. The number of hydrogen-bond acceptors (Lipinski definition) is 5. The molecule has 3 heterocycles. The fraction of sp³-hybridized carbons (Fsp3) is 0.115. The Balaban J connectivity index is 1.43. The maximum absolute atomic E-state index is 13.0. The second kappa shape index (κ2) is 9.15. The van der Waals surface area contributed by atoms with Crippen molar-refractivity contribution in [2.75, 3.05) is 7.11 Å². The highest BCUT2D eigenvalue weighted by Crippen LogP contribution is 2.27. The third-order valence-electron chi connectivity index (χ3n) is 5.74. The van der Waals surface area contributed by atoms with Gasteiger partial charge in [-0.05, 0) is 35.9 Å². The summed E-state index contributed by atoms with van der Waals surface area (Å²) >= 11 is 6.36. The van der Waals surface area contributed by atoms with Gasteiger partial charge in [-0.25, -0.2) is 9.59 Å². The summed E-state index contributed by atoms with van der Waals surface area (Å²) in [7, 11) is 1.24. The number of ether oxygens (including phenoxy) is 1. The number of aromatic nitrogens is 1. The van der Waals surface area contributed by atoms with Gasteiger partial charge in [0.2, 0.25) is 5.76 Å². The molecule has 0 bridgehead atoms. The first-order valence-electron chi connectivity index (χ1n) is 10.8. The maximum atomic E-state index is 13.0. The molecule has 1 saturated heterocycles. The number of carbonyl (C=O) groups is 3. The number of benzene rings is 2. The van der Waals surface area contributed by atoms with E-state index in [1.807, 2.05) is 54.7 Å². The van der Waals surface area contributed by atoms with Crippen LogP contribution in [0.1, 0.15) is 27.4 Å². The number of imide groups is 1. The predicted octanol–water partition coefficient (Wildman–Crippen LogP) is 4.82. The molecule has 0 unspecified atom stereocenters. The first-order valence-corrected chi connectivity index (χ1v) is 11.1. The molecule has 0 saturated carbocycles. The van der Waals surface area contributed by atoms with Gasteiger partial charge in [-0.3, -0.25) is 9.69 Å². The smallest absolute Gasteiger partial charge is 0.373 e. The number of esters is 1. The van der Waals surface area contributed by atoms with Crippen LogP contribution in [0.3, 0.4) is 0 Å². The summed E-state index contributed by atoms with van der Waals surface area (Å²) < 4.78 is 12.1. The van der Waals surface area contributed by atoms with E-state index in [-0.39, 0.29) is 23.8 Å². The average molecular weight is 490 g/mol. The first kappa shape index (κ1) is 22.5. The summed E-state index contributed by atoms with van der Waals surface area (Å²) in [6, 6.07) is 17.8. The largest absolute Gasteiger partial charge is 0.463 e. The number of hydrogen-bond donors (Lipinski definition) is 1. The molecule has 1 aliphatic heterocycles. The second-order valence-corrected chi connectivity index (χ2v) is 8.37. The highest BCUT2D eigenvalue weighted by atomic mass is 35.5. The van der Waals surface area contributed by atoms with Gasteiger partial charge in [0.15, 0.2) is 0 Å². The molecule has 176 valence electrons. The number of nitrogens with zero attached hydrogens (tertiary/aromatic N) is 2. The number of rotatable bonds is 6. The van der Waals surface area contributed by atoms with Crippen molar-refractivity contribution in [1.29, 1.82) is 0 Å². The molecule has 0 aliphatic carbocycles. The average Bonchev–Trinajstić information content (AvgIpc) is 3.54. The number of urea groups is 1. The second-order valence-electron chi connectivity index (χ2n) is 7.96. The fourth-order valence-electron chi connectivity index (χ4n) is 4.03. The quantitative estimate of drug-likeness (QED) is 0.238. The van der Waals surface area contributed by atoms with Crippen LogP contribution < -0.4 is 5.32 Å². The number of para-hydroxylation sites is 1. The van der Waals surface area contributed by atoms with E-state index in [1.54, 1.807) is 6.08 Å². The van der Waals surface area contributed by atoms with E-state index in [1.165, 1.54) is 19.2 Å². The van der Waals surface area contributed by atoms with Crippen molar-refractivity contribution in [3.63, 3.8) is 0 Å². The van der Waals surface area contributed by atoms with E-state index in [0.717, 1.165) is 26.9 Å². The van der Waals surface area contributed by atoms with E-state index >= 15 is 0 Å². The Labute approximate surface area is 205 Å². The van der Waals surface area contributed by atoms with Crippen LogP contribution in [0.25, 0.3) is 17.0 Å². The van der Waals surface area contributed by atoms with Crippen LogP contribution in [0.5, 0.6) is 0 Å². The van der Waals surface area contributed by atoms with Crippen molar-refractivity contribution < 1.29 is 23.5 Å². The molecule has 0 radical (unpaired) electrons. The van der Waals surface area contributed by atoms with Gasteiger partial charge in [0.05, 0.1) is 13.7 Å². The summed E-state index contributed by atoms with van der Waals surface area (Å²) in [4.78, 5) is 38.2. The van der Waals surface area contributed by atoms with E-state index < -0.39 is 17.9 Å². The van der Waals surface area contributed by atoms with E-state index in [0.29, 0.717) is 11.6 Å². The predicted molar refractivity (Wildman–Crippen MR) is 130 cm³/mol. The van der Waals surface area contributed by atoms with Crippen LogP contribution in [0.2, 0.25) is 5.02 Å². The lowest BCUT2D eigenvalue weighted by Crippen LogP contribution is -2.30. The van der Waals surface area contributed by atoms with Crippen molar-refractivity contribution in [2.45, 2.75) is 13.1 Å². The molecule has 1 aliphatic rings. The molecular weight excluding hydrogens is 470 g/mol. The van der Waals surface area contributed by atoms with E-state index in [2.05, 4.69) is 14.6 Å². The van der Waals surface area contributed by atoms with Crippen molar-refractivity contribution >= 4 is 46.5 Å².